The molecule has 1 heterocycles. The van der Waals surface area contributed by atoms with Gasteiger partial charge in [0.25, 0.3) is 0 Å². The number of nitrogens with one attached hydrogen (secondary N) is 1. The van der Waals surface area contributed by atoms with Crippen molar-refractivity contribution in [1.29, 1.82) is 0 Å². The summed E-state index contributed by atoms with van der Waals surface area (Å²) >= 11 is 0. The van der Waals surface area contributed by atoms with E-state index >= 15 is 0 Å². The summed E-state index contributed by atoms with van der Waals surface area (Å²) in [4.78, 5) is 16.0. The lowest BCUT2D eigenvalue weighted by molar-refractivity contribution is -0.121. The summed E-state index contributed by atoms with van der Waals surface area (Å²) < 4.78 is 5.68. The molecule has 23 heavy (non-hydrogen) atoms. The molecule has 1 atom stereocenters. The van der Waals surface area contributed by atoms with Crippen LogP contribution in [0.3, 0.4) is 0 Å². The number of oxazole rings is 1. The molecule has 0 fully saturated rings. The van der Waals surface area contributed by atoms with Crippen LogP contribution in [0.1, 0.15) is 31.7 Å². The first-order chi connectivity index (χ1) is 11.0. The van der Waals surface area contributed by atoms with E-state index < -0.39 is 6.10 Å². The number of benzene rings is 1. The van der Waals surface area contributed by atoms with Gasteiger partial charge in [-0.2, -0.15) is 0 Å². The monoisotopic (exact) mass is 316 g/mol. The maximum absolute atomic E-state index is 11.8. The Bertz CT molecular complexity index is 632. The highest BCUT2D eigenvalue weighted by Crippen LogP contribution is 2.21. The predicted molar refractivity (Wildman–Crippen MR) is 88.9 cm³/mol. The van der Waals surface area contributed by atoms with E-state index in [4.69, 9.17) is 4.42 Å². The maximum atomic E-state index is 11.8. The standard InChI is InChI=1S/C18H24N2O3/c1-12(2)15(21)10-19-17(22)8-9-18-20-11-16(23-18)14-6-4-13(3)5-7-14/h4-7,11-12,15,21H,8-10H2,1-3H3,(H,19,22). The largest absolute Gasteiger partial charge is 0.441 e. The molecule has 0 spiro atoms. The molecule has 1 amide bonds. The van der Waals surface area contributed by atoms with Gasteiger partial charge in [0.1, 0.15) is 0 Å². The van der Waals surface area contributed by atoms with Crippen molar-refractivity contribution in [3.63, 3.8) is 0 Å². The Balaban J connectivity index is 1.83. The summed E-state index contributed by atoms with van der Waals surface area (Å²) in [5.74, 6) is 1.26. The molecule has 0 aliphatic rings. The molecule has 0 aliphatic carbocycles. The van der Waals surface area contributed by atoms with Crippen LogP contribution < -0.4 is 5.32 Å². The number of hydrogen-bond acceptors (Lipinski definition) is 4. The summed E-state index contributed by atoms with van der Waals surface area (Å²) in [6.45, 7) is 6.13. The lowest BCUT2D eigenvalue weighted by Crippen LogP contribution is -2.34. The zero-order valence-electron chi connectivity index (χ0n) is 13.9. The fourth-order valence-corrected chi connectivity index (χ4v) is 2.04. The molecule has 1 unspecified atom stereocenters. The van der Waals surface area contributed by atoms with Crippen molar-refractivity contribution < 1.29 is 14.3 Å². The number of rotatable bonds is 7. The van der Waals surface area contributed by atoms with E-state index in [0.717, 1.165) is 5.56 Å². The number of nitrogens with zero attached hydrogens (tertiary/aromatic N) is 1. The Morgan fingerprint density at radius 1 is 1.30 bits per heavy atom. The Labute approximate surface area is 136 Å². The van der Waals surface area contributed by atoms with Crippen LogP contribution in [0.5, 0.6) is 0 Å². The average molecular weight is 316 g/mol. The Morgan fingerprint density at radius 2 is 2.00 bits per heavy atom. The maximum Gasteiger partial charge on any atom is 0.220 e. The smallest absolute Gasteiger partial charge is 0.220 e. The minimum absolute atomic E-state index is 0.111. The van der Waals surface area contributed by atoms with Crippen LogP contribution >= 0.6 is 0 Å². The molecule has 2 N–H and O–H groups in total. The van der Waals surface area contributed by atoms with Crippen LogP contribution in [0, 0.1) is 12.8 Å². The van der Waals surface area contributed by atoms with Crippen molar-refractivity contribution >= 4 is 5.91 Å². The summed E-state index contributed by atoms with van der Waals surface area (Å²) in [6.07, 6.45) is 1.89. The number of carbonyl (C=O) groups is 1. The number of carbonyl (C=O) groups excluding carboxylic acids is 1. The van der Waals surface area contributed by atoms with E-state index in [1.165, 1.54) is 5.56 Å². The zero-order chi connectivity index (χ0) is 16.8. The van der Waals surface area contributed by atoms with Gasteiger partial charge in [0.2, 0.25) is 5.91 Å². The van der Waals surface area contributed by atoms with E-state index in [1.807, 2.05) is 45.0 Å². The number of aryl methyl sites for hydroxylation is 2. The van der Waals surface area contributed by atoms with E-state index in [2.05, 4.69) is 10.3 Å². The summed E-state index contributed by atoms with van der Waals surface area (Å²) in [7, 11) is 0. The van der Waals surface area contributed by atoms with Gasteiger partial charge in [0.05, 0.1) is 12.3 Å². The molecule has 1 aromatic carbocycles. The number of hydrogen-bond donors (Lipinski definition) is 2. The molecule has 5 nitrogen and oxygen atoms in total. The molecule has 124 valence electrons. The molecule has 0 bridgehead atoms. The third kappa shape index (κ3) is 5.21. The highest BCUT2D eigenvalue weighted by atomic mass is 16.4. The molecule has 1 aromatic heterocycles. The normalized spacial score (nSPS) is 12.4. The van der Waals surface area contributed by atoms with Gasteiger partial charge in [0, 0.05) is 24.9 Å². The van der Waals surface area contributed by atoms with Gasteiger partial charge in [-0.05, 0) is 12.8 Å². The first-order valence-corrected chi connectivity index (χ1v) is 7.92. The first kappa shape index (κ1) is 17.2. The minimum atomic E-state index is -0.520. The second-order valence-corrected chi connectivity index (χ2v) is 6.10. The summed E-state index contributed by atoms with van der Waals surface area (Å²) in [5.41, 5.74) is 2.16. The van der Waals surface area contributed by atoms with E-state index in [1.54, 1.807) is 6.20 Å². The number of amides is 1. The van der Waals surface area contributed by atoms with Gasteiger partial charge < -0.3 is 14.8 Å². The third-order valence-electron chi connectivity index (χ3n) is 3.73. The summed E-state index contributed by atoms with van der Waals surface area (Å²) in [6, 6.07) is 8.01. The molecule has 0 saturated carbocycles. The van der Waals surface area contributed by atoms with E-state index in [9.17, 15) is 9.90 Å². The Kier molecular flexibility index (Phi) is 5.93. The van der Waals surface area contributed by atoms with Gasteiger partial charge in [0.15, 0.2) is 11.7 Å². The van der Waals surface area contributed by atoms with Crippen molar-refractivity contribution in [2.45, 2.75) is 39.7 Å². The van der Waals surface area contributed by atoms with Crippen LogP contribution in [0.2, 0.25) is 0 Å². The molecular weight excluding hydrogens is 292 g/mol. The second kappa shape index (κ2) is 7.92. The zero-order valence-corrected chi connectivity index (χ0v) is 13.9. The number of aliphatic hydroxyl groups is 1. The van der Waals surface area contributed by atoms with Crippen LogP contribution in [-0.4, -0.2) is 28.6 Å². The highest BCUT2D eigenvalue weighted by Gasteiger charge is 2.12. The van der Waals surface area contributed by atoms with Gasteiger partial charge in [-0.25, -0.2) is 4.98 Å². The van der Waals surface area contributed by atoms with Crippen molar-refractivity contribution in [1.82, 2.24) is 10.3 Å². The lowest BCUT2D eigenvalue weighted by Gasteiger charge is -2.14. The van der Waals surface area contributed by atoms with Gasteiger partial charge in [-0.15, -0.1) is 0 Å². The van der Waals surface area contributed by atoms with Gasteiger partial charge in [-0.3, -0.25) is 4.79 Å². The van der Waals surface area contributed by atoms with Crippen molar-refractivity contribution in [2.24, 2.45) is 5.92 Å². The number of aromatic nitrogens is 1. The topological polar surface area (TPSA) is 75.4 Å². The van der Waals surface area contributed by atoms with Crippen LogP contribution in [0.4, 0.5) is 0 Å². The van der Waals surface area contributed by atoms with Crippen molar-refractivity contribution in [2.75, 3.05) is 6.54 Å². The van der Waals surface area contributed by atoms with Crippen LogP contribution in [0.15, 0.2) is 34.9 Å². The third-order valence-corrected chi connectivity index (χ3v) is 3.73. The molecule has 5 heteroatoms. The molecule has 0 radical (unpaired) electrons. The van der Waals surface area contributed by atoms with Gasteiger partial charge >= 0.3 is 0 Å². The second-order valence-electron chi connectivity index (χ2n) is 6.10. The SMILES string of the molecule is Cc1ccc(-c2cnc(CCC(=O)NCC(O)C(C)C)o2)cc1. The van der Waals surface area contributed by atoms with Crippen LogP contribution in [-0.2, 0) is 11.2 Å². The average Bonchev–Trinajstić information content (AvgIpc) is 3.00. The highest BCUT2D eigenvalue weighted by molar-refractivity contribution is 5.76. The van der Waals surface area contributed by atoms with Crippen molar-refractivity contribution in [3.05, 3.63) is 41.9 Å². The quantitative estimate of drug-likeness (QED) is 0.823. The molecule has 2 rings (SSSR count). The minimum Gasteiger partial charge on any atom is -0.441 e. The number of aliphatic hydroxyl groups excluding tert-OH is 1. The van der Waals surface area contributed by atoms with E-state index in [0.29, 0.717) is 24.5 Å². The summed E-state index contributed by atoms with van der Waals surface area (Å²) in [5, 5.41) is 12.4. The van der Waals surface area contributed by atoms with Crippen LogP contribution in [0.25, 0.3) is 11.3 Å². The molecule has 0 aliphatic heterocycles. The fraction of sp³-hybridized carbons (Fsp3) is 0.444. The fourth-order valence-electron chi connectivity index (χ4n) is 2.04. The Morgan fingerprint density at radius 3 is 2.65 bits per heavy atom. The molecule has 2 aromatic rings. The molecular formula is C18H24N2O3. The molecule has 0 saturated heterocycles. The van der Waals surface area contributed by atoms with Crippen molar-refractivity contribution in [3.8, 4) is 11.3 Å². The van der Waals surface area contributed by atoms with E-state index in [-0.39, 0.29) is 18.4 Å². The predicted octanol–water partition coefficient (Wildman–Crippen LogP) is 2.72. The Hall–Kier alpha value is -2.14. The first-order valence-electron chi connectivity index (χ1n) is 7.92. The lowest BCUT2D eigenvalue weighted by atomic mass is 10.1. The van der Waals surface area contributed by atoms with Gasteiger partial charge in [-0.1, -0.05) is 43.7 Å².